The van der Waals surface area contributed by atoms with Crippen LogP contribution >= 0.6 is 0 Å². The Hall–Kier alpha value is -4.91. The number of urea groups is 1. The summed E-state index contributed by atoms with van der Waals surface area (Å²) in [6, 6.07) is 13.9. The Labute approximate surface area is 303 Å². The molecule has 5 heterocycles. The van der Waals surface area contributed by atoms with Gasteiger partial charge in [0.2, 0.25) is 5.88 Å². The molecule has 4 aliphatic heterocycles. The van der Waals surface area contributed by atoms with Gasteiger partial charge in [0.05, 0.1) is 43.7 Å². The highest BCUT2D eigenvalue weighted by Gasteiger charge is 2.59. The highest BCUT2D eigenvalue weighted by molar-refractivity contribution is 7.93. The number of aromatic nitrogens is 1. The van der Waals surface area contributed by atoms with Gasteiger partial charge >= 0.3 is 6.03 Å². The number of amides is 3. The molecule has 274 valence electrons. The molecule has 2 aromatic carbocycles. The predicted octanol–water partition coefficient (Wildman–Crippen LogP) is 3.30. The van der Waals surface area contributed by atoms with E-state index in [1.54, 1.807) is 24.0 Å². The van der Waals surface area contributed by atoms with Gasteiger partial charge in [0.15, 0.2) is 5.54 Å². The third-order valence-electron chi connectivity index (χ3n) is 10.7. The quantitative estimate of drug-likeness (QED) is 0.327. The molecule has 15 heteroatoms. The molecule has 0 bridgehead atoms. The van der Waals surface area contributed by atoms with Crippen LogP contribution in [0.25, 0.3) is 0 Å². The lowest BCUT2D eigenvalue weighted by atomic mass is 9.83. The van der Waals surface area contributed by atoms with Gasteiger partial charge in [-0.05, 0) is 88.2 Å². The van der Waals surface area contributed by atoms with Crippen LogP contribution in [0.5, 0.6) is 17.4 Å². The zero-order chi connectivity index (χ0) is 36.6. The molecule has 4 aliphatic rings. The molecule has 3 amide bonds. The Morgan fingerprint density at radius 2 is 1.71 bits per heavy atom. The van der Waals surface area contributed by atoms with E-state index in [-0.39, 0.29) is 51.6 Å². The van der Waals surface area contributed by atoms with Gasteiger partial charge in [-0.3, -0.25) is 9.69 Å². The van der Waals surface area contributed by atoms with Crippen LogP contribution in [0.3, 0.4) is 0 Å². The average molecular weight is 730 g/mol. The third-order valence-corrected chi connectivity index (χ3v) is 12.5. The number of hydrogen-bond acceptors (Lipinski definition) is 11. The maximum Gasteiger partial charge on any atom is 0.318 e. The number of anilines is 1. The number of carbonyl (C=O) groups is 2. The van der Waals surface area contributed by atoms with E-state index in [0.717, 1.165) is 25.9 Å². The number of likely N-dealkylation sites (tertiary alicyclic amines) is 3. The monoisotopic (exact) mass is 729 g/mol. The number of fused-ring (bicyclic) bond motifs is 1. The summed E-state index contributed by atoms with van der Waals surface area (Å²) in [5.41, 5.74) is -1.78. The molecular weight excluding hydrogens is 687 g/mol. The maximum absolute atomic E-state index is 15.2. The lowest BCUT2D eigenvalue weighted by Crippen LogP contribution is -2.67. The second-order valence-electron chi connectivity index (χ2n) is 13.5. The number of nitrogens with zero attached hydrogens (tertiary/aromatic N) is 6. The minimum Gasteiger partial charge on any atom is -0.497 e. The van der Waals surface area contributed by atoms with Crippen LogP contribution in [0, 0.1) is 11.3 Å². The highest BCUT2D eigenvalue weighted by atomic mass is 32.2. The minimum absolute atomic E-state index is 0.0316. The predicted molar refractivity (Wildman–Crippen MR) is 191 cm³/mol. The summed E-state index contributed by atoms with van der Waals surface area (Å²) in [5, 5.41) is 12.9. The molecule has 3 aromatic rings. The fraction of sp³-hybridized carbons (Fsp3) is 0.459. The van der Waals surface area contributed by atoms with Crippen LogP contribution in [-0.2, 0) is 20.4 Å². The first-order chi connectivity index (χ1) is 25.2. The first-order valence-corrected chi connectivity index (χ1v) is 19.1. The Bertz CT molecular complexity index is 2000. The van der Waals surface area contributed by atoms with Crippen LogP contribution in [0.1, 0.15) is 49.3 Å². The van der Waals surface area contributed by atoms with Crippen molar-refractivity contribution in [3.63, 3.8) is 0 Å². The topological polar surface area (TPSA) is 158 Å². The number of pyridine rings is 1. The van der Waals surface area contributed by atoms with Crippen LogP contribution in [0.15, 0.2) is 59.6 Å². The van der Waals surface area contributed by atoms with Gasteiger partial charge in [0, 0.05) is 56.1 Å². The standard InChI is InChI=1S/C37H43N7O7S/c1-4-51-34-29(8-7-15-39-34)37(40-36(46)43-23-27(24-43)42-18-13-26(14-19-42)41-16-5-6-17-41)30-20-25(22-38)9-11-31(30)44(35(37)45)52(47,48)33-12-10-28(49-2)21-32(33)50-3/h7-12,15,20-21,26-27H,4-6,13-14,16-19,23-24H2,1-3H3,(H,40,46). The van der Waals surface area contributed by atoms with Gasteiger partial charge in [-0.1, -0.05) is 0 Å². The van der Waals surface area contributed by atoms with Gasteiger partial charge in [-0.2, -0.15) is 9.57 Å². The van der Waals surface area contributed by atoms with Crippen molar-refractivity contribution in [2.75, 3.05) is 64.4 Å². The number of nitriles is 1. The van der Waals surface area contributed by atoms with E-state index in [4.69, 9.17) is 14.2 Å². The Kier molecular flexibility index (Phi) is 9.73. The summed E-state index contributed by atoms with van der Waals surface area (Å²) >= 11 is 0. The minimum atomic E-state index is -4.69. The van der Waals surface area contributed by atoms with Crippen molar-refractivity contribution < 1.29 is 32.2 Å². The fourth-order valence-corrected chi connectivity index (χ4v) is 9.58. The molecule has 3 saturated heterocycles. The van der Waals surface area contributed by atoms with Gasteiger partial charge in [0.1, 0.15) is 16.4 Å². The number of rotatable bonds is 10. The van der Waals surface area contributed by atoms with Gasteiger partial charge in [-0.15, -0.1) is 0 Å². The van der Waals surface area contributed by atoms with E-state index < -0.39 is 27.5 Å². The smallest absolute Gasteiger partial charge is 0.318 e. The van der Waals surface area contributed by atoms with Crippen molar-refractivity contribution in [2.24, 2.45) is 0 Å². The first kappa shape index (κ1) is 35.5. The third kappa shape index (κ3) is 5.98. The molecule has 1 aromatic heterocycles. The van der Waals surface area contributed by atoms with Crippen LogP contribution in [0.4, 0.5) is 10.5 Å². The number of sulfonamides is 1. The lowest BCUT2D eigenvalue weighted by molar-refractivity contribution is -0.121. The molecule has 1 N–H and O–H groups in total. The molecule has 1 atom stereocenters. The van der Waals surface area contributed by atoms with E-state index in [1.807, 2.05) is 0 Å². The van der Waals surface area contributed by atoms with E-state index in [9.17, 15) is 18.5 Å². The molecule has 0 aliphatic carbocycles. The number of nitrogens with one attached hydrogen (secondary N) is 1. The molecule has 14 nitrogen and oxygen atoms in total. The molecule has 0 spiro atoms. The molecule has 0 radical (unpaired) electrons. The molecule has 3 fully saturated rings. The van der Waals surface area contributed by atoms with Gasteiger partial charge in [-0.25, -0.2) is 18.2 Å². The SMILES string of the molecule is CCOc1ncccc1C1(NC(=O)N2CC(N3CCC(N4CCCC4)CC3)C2)C(=O)N(S(=O)(=O)c2ccc(OC)cc2OC)c2ccc(C#N)cc21. The number of hydrogen-bond donors (Lipinski definition) is 1. The van der Waals surface area contributed by atoms with Crippen molar-refractivity contribution >= 4 is 27.6 Å². The number of methoxy groups -OCH3 is 2. The molecule has 1 unspecified atom stereocenters. The Morgan fingerprint density at radius 3 is 2.38 bits per heavy atom. The summed E-state index contributed by atoms with van der Waals surface area (Å²) in [7, 11) is -1.93. The average Bonchev–Trinajstić information content (AvgIpc) is 3.77. The lowest BCUT2D eigenvalue weighted by Gasteiger charge is -2.49. The van der Waals surface area contributed by atoms with Crippen molar-refractivity contribution in [1.29, 1.82) is 5.26 Å². The summed E-state index contributed by atoms with van der Waals surface area (Å²) in [4.78, 5) is 40.2. The normalized spacial score (nSPS) is 21.4. The second kappa shape index (κ2) is 14.3. The maximum atomic E-state index is 15.2. The molecule has 52 heavy (non-hydrogen) atoms. The Morgan fingerprint density at radius 1 is 0.981 bits per heavy atom. The number of carbonyl (C=O) groups excluding carboxylic acids is 2. The van der Waals surface area contributed by atoms with Crippen LogP contribution in [-0.4, -0.2) is 112 Å². The molecule has 0 saturated carbocycles. The van der Waals surface area contributed by atoms with Crippen molar-refractivity contribution in [3.05, 3.63) is 71.4 Å². The second-order valence-corrected chi connectivity index (χ2v) is 15.2. The van der Waals surface area contributed by atoms with Crippen LogP contribution < -0.4 is 23.8 Å². The fourth-order valence-electron chi connectivity index (χ4n) is 7.98. The zero-order valence-corrected chi connectivity index (χ0v) is 30.4. The summed E-state index contributed by atoms with van der Waals surface area (Å²) in [5.74, 6) is -0.643. The van der Waals surface area contributed by atoms with Gasteiger partial charge < -0.3 is 29.3 Å². The van der Waals surface area contributed by atoms with E-state index >= 15 is 4.79 Å². The molecule has 7 rings (SSSR count). The number of benzene rings is 2. The summed E-state index contributed by atoms with van der Waals surface area (Å²) in [6.45, 7) is 7.11. The van der Waals surface area contributed by atoms with E-state index in [2.05, 4.69) is 26.2 Å². The van der Waals surface area contributed by atoms with E-state index in [1.165, 1.54) is 82.7 Å². The summed E-state index contributed by atoms with van der Waals surface area (Å²) < 4.78 is 46.5. The largest absolute Gasteiger partial charge is 0.497 e. The zero-order valence-electron chi connectivity index (χ0n) is 29.6. The molecular formula is C37H43N7O7S. The van der Waals surface area contributed by atoms with Crippen molar-refractivity contribution in [2.45, 2.75) is 55.1 Å². The first-order valence-electron chi connectivity index (χ1n) is 17.7. The van der Waals surface area contributed by atoms with Gasteiger partial charge in [0.25, 0.3) is 15.9 Å². The summed E-state index contributed by atoms with van der Waals surface area (Å²) in [6.07, 6.45) is 6.22. The number of piperidine rings is 1. The van der Waals surface area contributed by atoms with E-state index in [0.29, 0.717) is 29.2 Å². The highest BCUT2D eigenvalue weighted by Crippen LogP contribution is 2.50. The van der Waals surface area contributed by atoms with Crippen molar-refractivity contribution in [1.82, 2.24) is 25.0 Å². The Balaban J connectivity index is 1.25. The van der Waals surface area contributed by atoms with Crippen LogP contribution in [0.2, 0.25) is 0 Å². The van der Waals surface area contributed by atoms with Crippen molar-refractivity contribution in [3.8, 4) is 23.4 Å². The number of ether oxygens (including phenoxy) is 3.